The van der Waals surface area contributed by atoms with E-state index in [2.05, 4.69) is 48.6 Å². The number of nitrogens with one attached hydrogen (secondary N) is 1. The second kappa shape index (κ2) is 12.4. The maximum Gasteiger partial charge on any atom is 0.183 e. The molecule has 4 aromatic rings. The lowest BCUT2D eigenvalue weighted by molar-refractivity contribution is 0.107. The third-order valence-corrected chi connectivity index (χ3v) is 8.41. The molecule has 192 valence electrons. The molecule has 1 unspecified atom stereocenters. The van der Waals surface area contributed by atoms with E-state index in [9.17, 15) is 0 Å². The predicted molar refractivity (Wildman–Crippen MR) is 157 cm³/mol. The zero-order valence-electron chi connectivity index (χ0n) is 21.1. The summed E-state index contributed by atoms with van der Waals surface area (Å²) in [5.41, 5.74) is 5.75. The van der Waals surface area contributed by atoms with E-state index in [0.29, 0.717) is 29.2 Å². The number of rotatable bonds is 12. The SMILES string of the molecule is Cc1sc(NCCCC(c2ccc(COCc3ccccc3)cc2)C2CC2)nc1-c1ccc(Cl)cc1Cl. The van der Waals surface area contributed by atoms with Gasteiger partial charge in [0.05, 0.1) is 23.9 Å². The summed E-state index contributed by atoms with van der Waals surface area (Å²) in [6, 6.07) is 25.0. The quantitative estimate of drug-likeness (QED) is 0.178. The number of benzene rings is 3. The lowest BCUT2D eigenvalue weighted by atomic mass is 9.89. The Bertz CT molecular complexity index is 1300. The third kappa shape index (κ3) is 7.14. The first-order valence-electron chi connectivity index (χ1n) is 12.9. The molecule has 0 aliphatic heterocycles. The molecule has 0 bridgehead atoms. The van der Waals surface area contributed by atoms with Crippen molar-refractivity contribution in [1.29, 1.82) is 0 Å². The monoisotopic (exact) mass is 550 g/mol. The fourth-order valence-electron chi connectivity index (χ4n) is 4.82. The fraction of sp³-hybridized carbons (Fsp3) is 0.323. The molecule has 0 spiro atoms. The summed E-state index contributed by atoms with van der Waals surface area (Å²) in [7, 11) is 0. The minimum atomic E-state index is 0.627. The minimum Gasteiger partial charge on any atom is -0.372 e. The fourth-order valence-corrected chi connectivity index (χ4v) is 6.17. The summed E-state index contributed by atoms with van der Waals surface area (Å²) in [5, 5.41) is 5.75. The second-order valence-electron chi connectivity index (χ2n) is 9.78. The molecule has 1 aliphatic carbocycles. The highest BCUT2D eigenvalue weighted by Crippen LogP contribution is 2.45. The third-order valence-electron chi connectivity index (χ3n) is 6.93. The Balaban J connectivity index is 1.11. The number of thiazole rings is 1. The first kappa shape index (κ1) is 26.2. The van der Waals surface area contributed by atoms with Crippen molar-refractivity contribution < 1.29 is 4.74 Å². The molecule has 1 atom stereocenters. The lowest BCUT2D eigenvalue weighted by Gasteiger charge is -2.17. The standard InChI is InChI=1S/C31H32Cl2N2OS/c1-21-30(28-16-15-26(32)18-29(28)33)35-31(37-21)34-17-5-8-27(25-13-14-25)24-11-9-23(10-12-24)20-36-19-22-6-3-2-4-7-22/h2-4,6-7,9-12,15-16,18,25,27H,5,8,13-14,17,19-20H2,1H3,(H,34,35). The minimum absolute atomic E-state index is 0.627. The van der Waals surface area contributed by atoms with Crippen molar-refractivity contribution in [1.82, 2.24) is 4.98 Å². The van der Waals surface area contributed by atoms with Gasteiger partial charge in [0.25, 0.3) is 0 Å². The largest absolute Gasteiger partial charge is 0.372 e. The van der Waals surface area contributed by atoms with Gasteiger partial charge in [0.2, 0.25) is 0 Å². The van der Waals surface area contributed by atoms with Crippen LogP contribution in [0.4, 0.5) is 5.13 Å². The van der Waals surface area contributed by atoms with Crippen LogP contribution in [0, 0.1) is 12.8 Å². The maximum absolute atomic E-state index is 6.41. The molecule has 37 heavy (non-hydrogen) atoms. The Morgan fingerprint density at radius 3 is 2.41 bits per heavy atom. The summed E-state index contributed by atoms with van der Waals surface area (Å²) in [6.07, 6.45) is 4.98. The van der Waals surface area contributed by atoms with Crippen LogP contribution in [0.2, 0.25) is 10.0 Å². The van der Waals surface area contributed by atoms with E-state index in [1.54, 1.807) is 17.4 Å². The molecule has 1 fully saturated rings. The molecule has 0 radical (unpaired) electrons. The smallest absolute Gasteiger partial charge is 0.183 e. The van der Waals surface area contributed by atoms with Crippen LogP contribution in [0.5, 0.6) is 0 Å². The van der Waals surface area contributed by atoms with Crippen molar-refractivity contribution in [3.05, 3.63) is 104 Å². The zero-order valence-corrected chi connectivity index (χ0v) is 23.4. The van der Waals surface area contributed by atoms with E-state index in [-0.39, 0.29) is 0 Å². The van der Waals surface area contributed by atoms with Gasteiger partial charge in [-0.05, 0) is 79.3 Å². The van der Waals surface area contributed by atoms with Gasteiger partial charge in [-0.15, -0.1) is 11.3 Å². The number of halogens is 2. The second-order valence-corrected chi connectivity index (χ2v) is 11.8. The van der Waals surface area contributed by atoms with Crippen LogP contribution in [0.1, 0.15) is 53.2 Å². The first-order chi connectivity index (χ1) is 18.1. The van der Waals surface area contributed by atoms with Crippen molar-refractivity contribution in [3.63, 3.8) is 0 Å². The average Bonchev–Trinajstić information content (AvgIpc) is 3.67. The Hall–Kier alpha value is -2.37. The molecule has 3 aromatic carbocycles. The van der Waals surface area contributed by atoms with Crippen LogP contribution in [-0.4, -0.2) is 11.5 Å². The van der Waals surface area contributed by atoms with E-state index in [1.165, 1.54) is 36.0 Å². The number of aromatic nitrogens is 1. The van der Waals surface area contributed by atoms with Gasteiger partial charge >= 0.3 is 0 Å². The molecule has 6 heteroatoms. The van der Waals surface area contributed by atoms with Crippen molar-refractivity contribution in [2.24, 2.45) is 5.92 Å². The van der Waals surface area contributed by atoms with E-state index >= 15 is 0 Å². The van der Waals surface area contributed by atoms with Crippen LogP contribution in [0.3, 0.4) is 0 Å². The zero-order chi connectivity index (χ0) is 25.6. The first-order valence-corrected chi connectivity index (χ1v) is 14.5. The summed E-state index contributed by atoms with van der Waals surface area (Å²) in [4.78, 5) is 5.96. The number of aryl methyl sites for hydroxylation is 1. The van der Waals surface area contributed by atoms with Crippen molar-refractivity contribution in [3.8, 4) is 11.3 Å². The number of anilines is 1. The highest BCUT2D eigenvalue weighted by molar-refractivity contribution is 7.16. The van der Waals surface area contributed by atoms with Gasteiger partial charge in [0, 0.05) is 22.0 Å². The van der Waals surface area contributed by atoms with Crippen molar-refractivity contribution in [2.45, 2.75) is 51.7 Å². The molecular weight excluding hydrogens is 519 g/mol. The Labute approximate surface area is 233 Å². The highest BCUT2D eigenvalue weighted by Gasteiger charge is 2.31. The van der Waals surface area contributed by atoms with Gasteiger partial charge in [-0.3, -0.25) is 0 Å². The Morgan fingerprint density at radius 1 is 0.973 bits per heavy atom. The van der Waals surface area contributed by atoms with Crippen LogP contribution in [0.15, 0.2) is 72.8 Å². The summed E-state index contributed by atoms with van der Waals surface area (Å²) < 4.78 is 5.91. The average molecular weight is 552 g/mol. The van der Waals surface area contributed by atoms with Gasteiger partial charge in [-0.1, -0.05) is 77.8 Å². The molecule has 1 aliphatic rings. The summed E-state index contributed by atoms with van der Waals surface area (Å²) in [6.45, 7) is 4.29. The molecule has 1 N–H and O–H groups in total. The topological polar surface area (TPSA) is 34.1 Å². The summed E-state index contributed by atoms with van der Waals surface area (Å²) >= 11 is 14.1. The molecule has 1 saturated carbocycles. The van der Waals surface area contributed by atoms with Gasteiger partial charge in [0.1, 0.15) is 0 Å². The van der Waals surface area contributed by atoms with Crippen LogP contribution < -0.4 is 5.32 Å². The highest BCUT2D eigenvalue weighted by atomic mass is 35.5. The van der Waals surface area contributed by atoms with Crippen LogP contribution >= 0.6 is 34.5 Å². The van der Waals surface area contributed by atoms with E-state index in [1.807, 2.05) is 30.3 Å². The van der Waals surface area contributed by atoms with Crippen LogP contribution in [-0.2, 0) is 18.0 Å². The number of hydrogen-bond donors (Lipinski definition) is 1. The molecular formula is C31H32Cl2N2OS. The Morgan fingerprint density at radius 2 is 1.70 bits per heavy atom. The lowest BCUT2D eigenvalue weighted by Crippen LogP contribution is -2.07. The van der Waals surface area contributed by atoms with Crippen molar-refractivity contribution in [2.75, 3.05) is 11.9 Å². The predicted octanol–water partition coefficient (Wildman–Crippen LogP) is 9.53. The molecule has 1 heterocycles. The van der Waals surface area contributed by atoms with Crippen molar-refractivity contribution >= 4 is 39.7 Å². The molecule has 1 aromatic heterocycles. The molecule has 5 rings (SSSR count). The van der Waals surface area contributed by atoms with Crippen LogP contribution in [0.25, 0.3) is 11.3 Å². The van der Waals surface area contributed by atoms with Gasteiger partial charge < -0.3 is 10.1 Å². The normalized spacial score (nSPS) is 14.0. The van der Waals surface area contributed by atoms with Gasteiger partial charge in [-0.2, -0.15) is 0 Å². The van der Waals surface area contributed by atoms with E-state index < -0.39 is 0 Å². The molecule has 3 nitrogen and oxygen atoms in total. The summed E-state index contributed by atoms with van der Waals surface area (Å²) in [5.74, 6) is 1.45. The van der Waals surface area contributed by atoms with E-state index in [0.717, 1.165) is 40.1 Å². The van der Waals surface area contributed by atoms with Gasteiger partial charge in [-0.25, -0.2) is 4.98 Å². The molecule has 0 saturated heterocycles. The van der Waals surface area contributed by atoms with Gasteiger partial charge in [0.15, 0.2) is 5.13 Å². The number of nitrogens with zero attached hydrogens (tertiary/aromatic N) is 1. The maximum atomic E-state index is 6.41. The molecule has 0 amide bonds. The van der Waals surface area contributed by atoms with E-state index in [4.69, 9.17) is 32.9 Å². The number of hydrogen-bond acceptors (Lipinski definition) is 4. The number of ether oxygens (including phenoxy) is 1. The Kier molecular flexibility index (Phi) is 8.83.